The monoisotopic (exact) mass is 405 g/mol. The van der Waals surface area contributed by atoms with E-state index in [1.807, 2.05) is 47.6 Å². The van der Waals surface area contributed by atoms with Crippen LogP contribution in [0.1, 0.15) is 36.7 Å². The zero-order valence-electron chi connectivity index (χ0n) is 16.5. The van der Waals surface area contributed by atoms with Crippen LogP contribution in [0, 0.1) is 0 Å². The molecule has 0 spiro atoms. The summed E-state index contributed by atoms with van der Waals surface area (Å²) in [6.45, 7) is 6.05. The fourth-order valence-corrected chi connectivity index (χ4v) is 4.71. The number of ketones is 1. The maximum Gasteiger partial charge on any atom is 0.292 e. The Morgan fingerprint density at radius 1 is 1.25 bits per heavy atom. The van der Waals surface area contributed by atoms with Crippen molar-refractivity contribution in [3.05, 3.63) is 36.0 Å². The zero-order valence-corrected chi connectivity index (χ0v) is 17.3. The van der Waals surface area contributed by atoms with Crippen LogP contribution in [0.5, 0.6) is 0 Å². The number of benzene rings is 1. The Balaban J connectivity index is 1.62. The number of nitrogens with one attached hydrogen (secondary N) is 1. The lowest BCUT2D eigenvalue weighted by Crippen LogP contribution is -2.38. The lowest BCUT2D eigenvalue weighted by atomic mass is 10.1. The van der Waals surface area contributed by atoms with Crippen molar-refractivity contribution in [2.45, 2.75) is 31.6 Å². The van der Waals surface area contributed by atoms with Crippen LogP contribution in [0.25, 0.3) is 10.9 Å². The number of carbonyl (C=O) groups is 2. The number of aromatic nitrogens is 1. The molecule has 1 fully saturated rings. The highest BCUT2D eigenvalue weighted by Crippen LogP contribution is 2.25. The van der Waals surface area contributed by atoms with Crippen LogP contribution in [-0.2, 0) is 14.6 Å². The van der Waals surface area contributed by atoms with Crippen LogP contribution in [0.15, 0.2) is 30.5 Å². The average molecular weight is 406 g/mol. The number of rotatable bonds is 7. The number of hydrogen-bond donors (Lipinski definition) is 1. The second-order valence-electron chi connectivity index (χ2n) is 7.69. The lowest BCUT2D eigenvalue weighted by molar-refractivity contribution is -0.117. The van der Waals surface area contributed by atoms with Gasteiger partial charge in [-0.2, -0.15) is 0 Å². The fourth-order valence-electron chi connectivity index (χ4n) is 3.69. The molecule has 8 heteroatoms. The van der Waals surface area contributed by atoms with Crippen molar-refractivity contribution < 1.29 is 18.0 Å². The molecule has 7 nitrogen and oxygen atoms in total. The average Bonchev–Trinajstić information content (AvgIpc) is 3.25. The van der Waals surface area contributed by atoms with E-state index in [1.165, 1.54) is 6.26 Å². The number of carbonyl (C=O) groups excluding carboxylic acids is 2. The molecule has 1 amide bonds. The SMILES string of the molecule is CC(C)n1cc(C(=O)C(=O)NCCN2CCC(S(C)(=O)=O)C2)c2ccccc21. The van der Waals surface area contributed by atoms with Gasteiger partial charge in [-0.25, -0.2) is 8.42 Å². The van der Waals surface area contributed by atoms with Gasteiger partial charge in [0.05, 0.1) is 10.8 Å². The lowest BCUT2D eigenvalue weighted by Gasteiger charge is -2.15. The third-order valence-corrected chi connectivity index (χ3v) is 6.89. The van der Waals surface area contributed by atoms with Gasteiger partial charge in [-0.15, -0.1) is 0 Å². The van der Waals surface area contributed by atoms with Gasteiger partial charge in [0.2, 0.25) is 0 Å². The van der Waals surface area contributed by atoms with Gasteiger partial charge in [0, 0.05) is 49.0 Å². The minimum absolute atomic E-state index is 0.174. The molecule has 2 aromatic rings. The van der Waals surface area contributed by atoms with Gasteiger partial charge in [-0.1, -0.05) is 18.2 Å². The largest absolute Gasteiger partial charge is 0.348 e. The van der Waals surface area contributed by atoms with E-state index in [2.05, 4.69) is 5.32 Å². The Morgan fingerprint density at radius 2 is 1.96 bits per heavy atom. The third kappa shape index (κ3) is 4.28. The molecule has 152 valence electrons. The van der Waals surface area contributed by atoms with Gasteiger partial charge in [0.1, 0.15) is 0 Å². The second-order valence-corrected chi connectivity index (χ2v) is 10.0. The first kappa shape index (κ1) is 20.5. The number of hydrogen-bond acceptors (Lipinski definition) is 5. The number of para-hydroxylation sites is 1. The maximum absolute atomic E-state index is 12.7. The smallest absolute Gasteiger partial charge is 0.292 e. The van der Waals surface area contributed by atoms with Crippen molar-refractivity contribution in [2.24, 2.45) is 0 Å². The van der Waals surface area contributed by atoms with Crippen molar-refractivity contribution >= 4 is 32.4 Å². The molecule has 1 aromatic carbocycles. The van der Waals surface area contributed by atoms with Crippen molar-refractivity contribution in [1.82, 2.24) is 14.8 Å². The summed E-state index contributed by atoms with van der Waals surface area (Å²) in [6, 6.07) is 7.73. The van der Waals surface area contributed by atoms with Crippen molar-refractivity contribution in [1.29, 1.82) is 0 Å². The Bertz CT molecular complexity index is 994. The second kappa shape index (κ2) is 8.05. The summed E-state index contributed by atoms with van der Waals surface area (Å²) >= 11 is 0. The van der Waals surface area contributed by atoms with Gasteiger partial charge in [0.25, 0.3) is 11.7 Å². The van der Waals surface area contributed by atoms with Gasteiger partial charge < -0.3 is 14.8 Å². The number of Topliss-reactive ketones (excluding diaryl/α,β-unsaturated/α-hetero) is 1. The molecule has 2 heterocycles. The summed E-state index contributed by atoms with van der Waals surface area (Å²) in [6.07, 6.45) is 3.62. The van der Waals surface area contributed by atoms with Crippen LogP contribution < -0.4 is 5.32 Å². The first-order valence-corrected chi connectivity index (χ1v) is 11.5. The van der Waals surface area contributed by atoms with E-state index in [4.69, 9.17) is 0 Å². The van der Waals surface area contributed by atoms with Crippen LogP contribution in [0.2, 0.25) is 0 Å². The van der Waals surface area contributed by atoms with E-state index in [1.54, 1.807) is 6.20 Å². The van der Waals surface area contributed by atoms with E-state index >= 15 is 0 Å². The standard InChI is InChI=1S/C20H27N3O4S/c1-14(2)23-13-17(16-6-4-5-7-18(16)23)19(24)20(25)21-9-11-22-10-8-15(12-22)28(3,26)27/h4-7,13-15H,8-12H2,1-3H3,(H,21,25). The molecule has 1 aromatic heterocycles. The van der Waals surface area contributed by atoms with Crippen molar-refractivity contribution in [2.75, 3.05) is 32.4 Å². The molecule has 1 unspecified atom stereocenters. The topological polar surface area (TPSA) is 88.5 Å². The molecule has 0 bridgehead atoms. The Hall–Kier alpha value is -2.19. The molecule has 1 aliphatic rings. The first-order chi connectivity index (χ1) is 13.2. The number of amides is 1. The van der Waals surface area contributed by atoms with Gasteiger partial charge >= 0.3 is 0 Å². The predicted octanol–water partition coefficient (Wildman–Crippen LogP) is 1.64. The number of nitrogens with zero attached hydrogens (tertiary/aromatic N) is 2. The molecule has 1 atom stereocenters. The molecule has 0 aliphatic carbocycles. The van der Waals surface area contributed by atoms with E-state index in [0.29, 0.717) is 38.2 Å². The number of sulfone groups is 1. The molecule has 1 N–H and O–H groups in total. The van der Waals surface area contributed by atoms with Crippen LogP contribution >= 0.6 is 0 Å². The van der Waals surface area contributed by atoms with Crippen LogP contribution in [0.4, 0.5) is 0 Å². The molecule has 0 radical (unpaired) electrons. The molecular formula is C20H27N3O4S. The summed E-state index contributed by atoms with van der Waals surface area (Å²) < 4.78 is 25.2. The van der Waals surface area contributed by atoms with E-state index in [9.17, 15) is 18.0 Å². The minimum Gasteiger partial charge on any atom is -0.348 e. The van der Waals surface area contributed by atoms with E-state index in [0.717, 1.165) is 10.9 Å². The van der Waals surface area contributed by atoms with Crippen molar-refractivity contribution in [3.8, 4) is 0 Å². The van der Waals surface area contributed by atoms with E-state index in [-0.39, 0.29) is 11.3 Å². The number of fused-ring (bicyclic) bond motifs is 1. The highest BCUT2D eigenvalue weighted by molar-refractivity contribution is 7.91. The van der Waals surface area contributed by atoms with Crippen molar-refractivity contribution in [3.63, 3.8) is 0 Å². The van der Waals surface area contributed by atoms with Crippen LogP contribution in [0.3, 0.4) is 0 Å². The molecule has 0 saturated carbocycles. The fraction of sp³-hybridized carbons (Fsp3) is 0.500. The quantitative estimate of drug-likeness (QED) is 0.559. The summed E-state index contributed by atoms with van der Waals surface area (Å²) in [5, 5.41) is 3.11. The normalized spacial score (nSPS) is 18.1. The predicted molar refractivity (Wildman–Crippen MR) is 109 cm³/mol. The maximum atomic E-state index is 12.7. The summed E-state index contributed by atoms with van der Waals surface area (Å²) in [4.78, 5) is 27.1. The highest BCUT2D eigenvalue weighted by Gasteiger charge is 2.30. The number of likely N-dealkylation sites (tertiary alicyclic amines) is 1. The molecule has 1 saturated heterocycles. The van der Waals surface area contributed by atoms with E-state index < -0.39 is 21.5 Å². The summed E-state index contributed by atoms with van der Waals surface area (Å²) in [5.74, 6) is -1.18. The Labute approximate surface area is 165 Å². The van der Waals surface area contributed by atoms with Gasteiger partial charge in [-0.3, -0.25) is 9.59 Å². The first-order valence-electron chi connectivity index (χ1n) is 9.51. The Morgan fingerprint density at radius 3 is 2.61 bits per heavy atom. The zero-order chi connectivity index (χ0) is 20.5. The summed E-state index contributed by atoms with van der Waals surface area (Å²) in [5.41, 5.74) is 1.33. The minimum atomic E-state index is -3.04. The molecule has 3 rings (SSSR count). The van der Waals surface area contributed by atoms with Gasteiger partial charge in [0.15, 0.2) is 9.84 Å². The van der Waals surface area contributed by atoms with Gasteiger partial charge in [-0.05, 0) is 32.9 Å². The molecular weight excluding hydrogens is 378 g/mol. The third-order valence-electron chi connectivity index (χ3n) is 5.30. The summed E-state index contributed by atoms with van der Waals surface area (Å²) in [7, 11) is -3.04. The Kier molecular flexibility index (Phi) is 5.90. The molecule has 1 aliphatic heterocycles. The van der Waals surface area contributed by atoms with Crippen LogP contribution in [-0.4, -0.2) is 67.3 Å². The molecule has 28 heavy (non-hydrogen) atoms. The highest BCUT2D eigenvalue weighted by atomic mass is 32.2.